The molecule has 0 spiro atoms. The quantitative estimate of drug-likeness (QED) is 0.380. The van der Waals surface area contributed by atoms with Gasteiger partial charge in [0, 0.05) is 30.5 Å². The van der Waals surface area contributed by atoms with E-state index in [1.807, 2.05) is 62.1 Å². The number of imidazole rings is 1. The molecule has 7 nitrogen and oxygen atoms in total. The van der Waals surface area contributed by atoms with Gasteiger partial charge in [0.15, 0.2) is 5.78 Å². The highest BCUT2D eigenvalue weighted by atomic mass is 19.1. The standard InChI is InChI=1S/C31H37FN4O3/c1-20-12-13-24(25(32)15-20)27-19-33-31(35-27)21(2)16-28(37)26(18-30(39)36-14-8-7-9-22(36)3)34-29(38)17-23-10-5-4-6-11-23/h4-6,10-13,15,19,21-22,26H,7-9,14,16-18H2,1-3H3,(H,33,35)(H,34,38)/t21-,22+,26+/m1/s1. The number of hydrogen-bond acceptors (Lipinski definition) is 4. The number of carbonyl (C=O) groups is 3. The molecule has 2 heterocycles. The number of halogens is 1. The van der Waals surface area contributed by atoms with E-state index in [2.05, 4.69) is 15.3 Å². The molecule has 206 valence electrons. The Morgan fingerprint density at radius 1 is 1.13 bits per heavy atom. The lowest BCUT2D eigenvalue weighted by Crippen LogP contribution is -2.48. The molecule has 0 radical (unpaired) electrons. The number of aromatic amines is 1. The van der Waals surface area contributed by atoms with E-state index in [1.54, 1.807) is 12.3 Å². The Hall–Kier alpha value is -3.81. The number of amides is 2. The smallest absolute Gasteiger partial charge is 0.225 e. The molecule has 2 aromatic carbocycles. The van der Waals surface area contributed by atoms with Crippen LogP contribution in [0.2, 0.25) is 0 Å². The van der Waals surface area contributed by atoms with Crippen LogP contribution in [0.25, 0.3) is 11.3 Å². The molecule has 0 saturated carbocycles. The topological polar surface area (TPSA) is 95.2 Å². The van der Waals surface area contributed by atoms with Crippen LogP contribution in [0.3, 0.4) is 0 Å². The van der Waals surface area contributed by atoms with Crippen LogP contribution in [0.4, 0.5) is 4.39 Å². The number of rotatable bonds is 10. The Morgan fingerprint density at radius 3 is 2.62 bits per heavy atom. The zero-order valence-corrected chi connectivity index (χ0v) is 22.9. The second kappa shape index (κ2) is 12.8. The lowest BCUT2D eigenvalue weighted by atomic mass is 9.96. The number of benzene rings is 2. The number of Topliss-reactive ketones (excluding diaryl/α,β-unsaturated/α-hetero) is 1. The van der Waals surface area contributed by atoms with Crippen LogP contribution in [-0.2, 0) is 20.8 Å². The monoisotopic (exact) mass is 532 g/mol. The predicted molar refractivity (Wildman–Crippen MR) is 148 cm³/mol. The van der Waals surface area contributed by atoms with Gasteiger partial charge in [-0.25, -0.2) is 9.37 Å². The first kappa shape index (κ1) is 28.2. The van der Waals surface area contributed by atoms with Crippen molar-refractivity contribution in [2.75, 3.05) is 6.54 Å². The number of nitrogens with one attached hydrogen (secondary N) is 2. The van der Waals surface area contributed by atoms with Gasteiger partial charge in [0.25, 0.3) is 0 Å². The number of aryl methyl sites for hydroxylation is 1. The van der Waals surface area contributed by atoms with Gasteiger partial charge in [0.1, 0.15) is 11.6 Å². The van der Waals surface area contributed by atoms with Crippen LogP contribution >= 0.6 is 0 Å². The van der Waals surface area contributed by atoms with E-state index in [-0.39, 0.29) is 54.6 Å². The summed E-state index contributed by atoms with van der Waals surface area (Å²) < 4.78 is 14.5. The van der Waals surface area contributed by atoms with E-state index in [0.717, 1.165) is 30.4 Å². The van der Waals surface area contributed by atoms with Gasteiger partial charge >= 0.3 is 0 Å². The molecule has 1 saturated heterocycles. The molecule has 2 N–H and O–H groups in total. The van der Waals surface area contributed by atoms with Crippen molar-refractivity contribution in [1.82, 2.24) is 20.2 Å². The molecule has 0 unspecified atom stereocenters. The molecule has 4 rings (SSSR count). The third-order valence-electron chi connectivity index (χ3n) is 7.42. The van der Waals surface area contributed by atoms with E-state index < -0.39 is 6.04 Å². The molecule has 3 aromatic rings. The Morgan fingerprint density at radius 2 is 1.90 bits per heavy atom. The van der Waals surface area contributed by atoms with Crippen molar-refractivity contribution >= 4 is 17.6 Å². The number of H-pyrrole nitrogens is 1. The molecule has 1 aliphatic heterocycles. The molecule has 0 bridgehead atoms. The van der Waals surface area contributed by atoms with E-state index >= 15 is 0 Å². The Balaban J connectivity index is 1.46. The maximum atomic E-state index is 14.5. The largest absolute Gasteiger partial charge is 0.345 e. The van der Waals surface area contributed by atoms with Crippen LogP contribution in [-0.4, -0.2) is 51.1 Å². The minimum atomic E-state index is -0.936. The zero-order valence-electron chi connectivity index (χ0n) is 22.9. The van der Waals surface area contributed by atoms with Gasteiger partial charge in [-0.2, -0.15) is 0 Å². The van der Waals surface area contributed by atoms with Crippen molar-refractivity contribution in [2.45, 2.75) is 77.3 Å². The van der Waals surface area contributed by atoms with Crippen molar-refractivity contribution < 1.29 is 18.8 Å². The minimum Gasteiger partial charge on any atom is -0.345 e. The lowest BCUT2D eigenvalue weighted by Gasteiger charge is -2.34. The molecular formula is C31H37FN4O3. The number of piperidine rings is 1. The maximum Gasteiger partial charge on any atom is 0.225 e. The van der Waals surface area contributed by atoms with Crippen molar-refractivity contribution in [3.05, 3.63) is 77.5 Å². The third-order valence-corrected chi connectivity index (χ3v) is 7.42. The fraction of sp³-hybridized carbons (Fsp3) is 0.419. The van der Waals surface area contributed by atoms with E-state index in [1.165, 1.54) is 6.07 Å². The van der Waals surface area contributed by atoms with Crippen LogP contribution in [0.5, 0.6) is 0 Å². The summed E-state index contributed by atoms with van der Waals surface area (Å²) in [5.74, 6) is -0.784. The van der Waals surface area contributed by atoms with Crippen LogP contribution in [0, 0.1) is 12.7 Å². The second-order valence-corrected chi connectivity index (χ2v) is 10.7. The fourth-order valence-corrected chi connectivity index (χ4v) is 5.14. The summed E-state index contributed by atoms with van der Waals surface area (Å²) in [6.07, 6.45) is 4.63. The fourth-order valence-electron chi connectivity index (χ4n) is 5.14. The summed E-state index contributed by atoms with van der Waals surface area (Å²) in [6, 6.07) is 13.5. The number of nitrogens with zero attached hydrogens (tertiary/aromatic N) is 2. The average molecular weight is 533 g/mol. The molecule has 3 atom stereocenters. The number of likely N-dealkylation sites (tertiary alicyclic amines) is 1. The highest BCUT2D eigenvalue weighted by molar-refractivity contribution is 5.94. The number of carbonyl (C=O) groups excluding carboxylic acids is 3. The molecule has 8 heteroatoms. The first-order valence-electron chi connectivity index (χ1n) is 13.7. The van der Waals surface area contributed by atoms with Crippen molar-refractivity contribution in [2.24, 2.45) is 0 Å². The summed E-state index contributed by atoms with van der Waals surface area (Å²) in [4.78, 5) is 48.9. The Kier molecular flexibility index (Phi) is 9.28. The summed E-state index contributed by atoms with van der Waals surface area (Å²) in [5.41, 5.74) is 2.59. The van der Waals surface area contributed by atoms with Gasteiger partial charge in [-0.05, 0) is 56.4 Å². The van der Waals surface area contributed by atoms with Gasteiger partial charge < -0.3 is 15.2 Å². The van der Waals surface area contributed by atoms with Gasteiger partial charge in [-0.3, -0.25) is 14.4 Å². The van der Waals surface area contributed by atoms with Gasteiger partial charge in [-0.15, -0.1) is 0 Å². The van der Waals surface area contributed by atoms with Crippen molar-refractivity contribution in [1.29, 1.82) is 0 Å². The van der Waals surface area contributed by atoms with Crippen LogP contribution < -0.4 is 5.32 Å². The number of ketones is 1. The predicted octanol–water partition coefficient (Wildman–Crippen LogP) is 5.11. The van der Waals surface area contributed by atoms with Gasteiger partial charge in [0.2, 0.25) is 11.8 Å². The third kappa shape index (κ3) is 7.40. The second-order valence-electron chi connectivity index (χ2n) is 10.7. The summed E-state index contributed by atoms with van der Waals surface area (Å²) in [7, 11) is 0. The molecular weight excluding hydrogens is 495 g/mol. The van der Waals surface area contributed by atoms with Crippen LogP contribution in [0.1, 0.15) is 68.8 Å². The zero-order chi connectivity index (χ0) is 27.9. The normalized spacial score (nSPS) is 16.9. The van der Waals surface area contributed by atoms with Gasteiger partial charge in [-0.1, -0.05) is 43.3 Å². The number of aromatic nitrogens is 2. The van der Waals surface area contributed by atoms with E-state index in [9.17, 15) is 18.8 Å². The van der Waals surface area contributed by atoms with E-state index in [4.69, 9.17) is 0 Å². The van der Waals surface area contributed by atoms with Crippen LogP contribution in [0.15, 0.2) is 54.7 Å². The SMILES string of the molecule is Cc1ccc(-c2cnc([C@H](C)CC(=O)[C@H](CC(=O)N3CCCC[C@@H]3C)NC(=O)Cc3ccccc3)[nH]2)c(F)c1. The highest BCUT2D eigenvalue weighted by Crippen LogP contribution is 2.26. The minimum absolute atomic E-state index is 0.0719. The molecule has 0 aliphatic carbocycles. The summed E-state index contributed by atoms with van der Waals surface area (Å²) in [6.45, 7) is 6.36. The van der Waals surface area contributed by atoms with E-state index in [0.29, 0.717) is 23.6 Å². The molecule has 1 fully saturated rings. The lowest BCUT2D eigenvalue weighted by molar-refractivity contribution is -0.138. The molecule has 39 heavy (non-hydrogen) atoms. The first-order chi connectivity index (χ1) is 18.7. The van der Waals surface area contributed by atoms with Gasteiger partial charge in [0.05, 0.1) is 30.8 Å². The average Bonchev–Trinajstić information content (AvgIpc) is 3.39. The van der Waals surface area contributed by atoms with Crippen molar-refractivity contribution in [3.63, 3.8) is 0 Å². The summed E-state index contributed by atoms with van der Waals surface area (Å²) in [5, 5.41) is 2.83. The van der Waals surface area contributed by atoms with Crippen molar-refractivity contribution in [3.8, 4) is 11.3 Å². The highest BCUT2D eigenvalue weighted by Gasteiger charge is 2.30. The maximum absolute atomic E-state index is 14.5. The first-order valence-corrected chi connectivity index (χ1v) is 13.7. The summed E-state index contributed by atoms with van der Waals surface area (Å²) >= 11 is 0. The Labute approximate surface area is 229 Å². The molecule has 1 aromatic heterocycles. The molecule has 2 amide bonds. The molecule has 1 aliphatic rings. The number of hydrogen-bond donors (Lipinski definition) is 2. The Bertz CT molecular complexity index is 1310.